The number of carbonyl (C=O) groups excluding carboxylic acids is 1. The maximum atomic E-state index is 12.6. The molecule has 0 aliphatic rings. The molecular weight excluding hydrogens is 157 g/mol. The lowest BCUT2D eigenvalue weighted by atomic mass is 10.2. The second-order valence-corrected chi connectivity index (χ2v) is 2.54. The number of halogens is 1. The van der Waals surface area contributed by atoms with Crippen molar-refractivity contribution >= 4 is 5.91 Å². The fraction of sp³-hybridized carbons (Fsp3) is 0.222. The number of rotatable bonds is 2. The molecule has 0 fully saturated rings. The van der Waals surface area contributed by atoms with E-state index in [1.54, 1.807) is 12.1 Å². The van der Waals surface area contributed by atoms with Crippen molar-refractivity contribution in [2.45, 2.75) is 13.5 Å². The van der Waals surface area contributed by atoms with Crippen LogP contribution in [0.5, 0.6) is 0 Å². The van der Waals surface area contributed by atoms with Crippen molar-refractivity contribution in [3.63, 3.8) is 0 Å². The molecule has 0 unspecified atom stereocenters. The highest BCUT2D eigenvalue weighted by atomic mass is 19.1. The predicted octanol–water partition coefficient (Wildman–Crippen LogP) is 1.46. The van der Waals surface area contributed by atoms with Crippen LogP contribution in [0.4, 0.5) is 4.39 Å². The summed E-state index contributed by atoms with van der Waals surface area (Å²) in [6, 6.07) is 6.15. The third kappa shape index (κ3) is 2.70. The molecule has 1 N–H and O–H groups in total. The maximum Gasteiger partial charge on any atom is 0.217 e. The van der Waals surface area contributed by atoms with E-state index in [1.165, 1.54) is 19.1 Å². The Morgan fingerprint density at radius 3 is 2.92 bits per heavy atom. The molecule has 0 aliphatic heterocycles. The summed E-state index contributed by atoms with van der Waals surface area (Å²) in [5, 5.41) is 2.58. The van der Waals surface area contributed by atoms with Gasteiger partial charge in [-0.15, -0.1) is 0 Å². The summed E-state index contributed by atoms with van der Waals surface area (Å²) < 4.78 is 12.6. The summed E-state index contributed by atoms with van der Waals surface area (Å²) in [6.07, 6.45) is 0. The zero-order valence-corrected chi connectivity index (χ0v) is 6.80. The van der Waals surface area contributed by atoms with E-state index in [-0.39, 0.29) is 11.7 Å². The van der Waals surface area contributed by atoms with Crippen LogP contribution in [0.3, 0.4) is 0 Å². The number of hydrogen-bond donors (Lipinski definition) is 1. The molecule has 0 saturated carbocycles. The van der Waals surface area contributed by atoms with Gasteiger partial charge in [0.05, 0.1) is 0 Å². The Labute approximate surface area is 70.4 Å². The standard InChI is InChI=1S/C9H10FNO/c1-7(12)11-6-8-3-2-4-9(10)5-8/h2-5H,6H2,1H3,(H,11,12). The third-order valence-corrected chi connectivity index (χ3v) is 1.43. The maximum absolute atomic E-state index is 12.6. The molecule has 0 spiro atoms. The van der Waals surface area contributed by atoms with Crippen LogP contribution < -0.4 is 5.32 Å². The normalized spacial score (nSPS) is 9.50. The molecule has 1 aromatic rings. The lowest BCUT2D eigenvalue weighted by molar-refractivity contribution is -0.119. The molecule has 1 amide bonds. The summed E-state index contributed by atoms with van der Waals surface area (Å²) >= 11 is 0. The highest BCUT2D eigenvalue weighted by Crippen LogP contribution is 2.02. The van der Waals surface area contributed by atoms with Crippen molar-refractivity contribution in [3.8, 4) is 0 Å². The molecule has 2 nitrogen and oxygen atoms in total. The van der Waals surface area contributed by atoms with Gasteiger partial charge in [0.1, 0.15) is 5.82 Å². The molecule has 0 aliphatic carbocycles. The number of carbonyl (C=O) groups is 1. The van der Waals surface area contributed by atoms with E-state index in [0.29, 0.717) is 6.54 Å². The van der Waals surface area contributed by atoms with Gasteiger partial charge in [0.25, 0.3) is 0 Å². The van der Waals surface area contributed by atoms with Gasteiger partial charge in [-0.05, 0) is 17.7 Å². The molecule has 0 bridgehead atoms. The average molecular weight is 167 g/mol. The molecule has 0 heterocycles. The first-order valence-electron chi connectivity index (χ1n) is 3.67. The Bertz CT molecular complexity index is 286. The van der Waals surface area contributed by atoms with Gasteiger partial charge >= 0.3 is 0 Å². The Morgan fingerprint density at radius 2 is 2.33 bits per heavy atom. The lowest BCUT2D eigenvalue weighted by Crippen LogP contribution is -2.18. The van der Waals surface area contributed by atoms with E-state index in [9.17, 15) is 9.18 Å². The number of amides is 1. The van der Waals surface area contributed by atoms with Crippen molar-refractivity contribution in [2.24, 2.45) is 0 Å². The van der Waals surface area contributed by atoms with Crippen LogP contribution in [0.25, 0.3) is 0 Å². The Morgan fingerprint density at radius 1 is 1.58 bits per heavy atom. The van der Waals surface area contributed by atoms with E-state index in [4.69, 9.17) is 0 Å². The van der Waals surface area contributed by atoms with Gasteiger partial charge in [-0.3, -0.25) is 4.79 Å². The molecule has 64 valence electrons. The van der Waals surface area contributed by atoms with Crippen molar-refractivity contribution in [2.75, 3.05) is 0 Å². The first-order chi connectivity index (χ1) is 5.68. The molecule has 1 aromatic carbocycles. The summed E-state index contributed by atoms with van der Waals surface area (Å²) in [5.74, 6) is -0.392. The Hall–Kier alpha value is -1.38. The first kappa shape index (κ1) is 8.71. The summed E-state index contributed by atoms with van der Waals surface area (Å²) in [4.78, 5) is 10.5. The number of hydrogen-bond acceptors (Lipinski definition) is 1. The van der Waals surface area contributed by atoms with E-state index >= 15 is 0 Å². The quantitative estimate of drug-likeness (QED) is 0.709. The van der Waals surface area contributed by atoms with Crippen LogP contribution in [-0.4, -0.2) is 5.91 Å². The lowest BCUT2D eigenvalue weighted by Gasteiger charge is -2.01. The fourth-order valence-corrected chi connectivity index (χ4v) is 0.873. The van der Waals surface area contributed by atoms with E-state index in [0.717, 1.165) is 5.56 Å². The molecular formula is C9H10FNO. The minimum absolute atomic E-state index is 0.112. The van der Waals surface area contributed by atoms with Gasteiger partial charge < -0.3 is 5.32 Å². The Balaban J connectivity index is 2.57. The summed E-state index contributed by atoms with van der Waals surface area (Å²) in [7, 11) is 0. The molecule has 0 radical (unpaired) electrons. The minimum atomic E-state index is -0.280. The zero-order valence-electron chi connectivity index (χ0n) is 6.80. The Kier molecular flexibility index (Phi) is 2.80. The van der Waals surface area contributed by atoms with Gasteiger partial charge in [-0.25, -0.2) is 4.39 Å². The minimum Gasteiger partial charge on any atom is -0.352 e. The van der Waals surface area contributed by atoms with Crippen LogP contribution in [0.2, 0.25) is 0 Å². The third-order valence-electron chi connectivity index (χ3n) is 1.43. The van der Waals surface area contributed by atoms with Crippen molar-refractivity contribution < 1.29 is 9.18 Å². The molecule has 3 heteroatoms. The number of nitrogens with one attached hydrogen (secondary N) is 1. The van der Waals surface area contributed by atoms with Gasteiger partial charge in [-0.2, -0.15) is 0 Å². The van der Waals surface area contributed by atoms with Crippen LogP contribution in [0, 0.1) is 5.82 Å². The van der Waals surface area contributed by atoms with Crippen LogP contribution in [0.15, 0.2) is 24.3 Å². The van der Waals surface area contributed by atoms with Crippen molar-refractivity contribution in [1.29, 1.82) is 0 Å². The summed E-state index contributed by atoms with van der Waals surface area (Å²) in [6.45, 7) is 1.81. The monoisotopic (exact) mass is 167 g/mol. The van der Waals surface area contributed by atoms with Gasteiger partial charge in [0.15, 0.2) is 0 Å². The van der Waals surface area contributed by atoms with E-state index in [1.807, 2.05) is 0 Å². The van der Waals surface area contributed by atoms with Crippen molar-refractivity contribution in [1.82, 2.24) is 5.32 Å². The highest BCUT2D eigenvalue weighted by molar-refractivity contribution is 5.72. The fourth-order valence-electron chi connectivity index (χ4n) is 0.873. The van der Waals surface area contributed by atoms with E-state index in [2.05, 4.69) is 5.32 Å². The molecule has 1 rings (SSSR count). The summed E-state index contributed by atoms with van der Waals surface area (Å²) in [5.41, 5.74) is 0.769. The predicted molar refractivity (Wildman–Crippen MR) is 43.9 cm³/mol. The smallest absolute Gasteiger partial charge is 0.217 e. The first-order valence-corrected chi connectivity index (χ1v) is 3.67. The SMILES string of the molecule is CC(=O)NCc1cccc(F)c1. The highest BCUT2D eigenvalue weighted by Gasteiger charge is 1.95. The molecule has 0 saturated heterocycles. The second-order valence-electron chi connectivity index (χ2n) is 2.54. The average Bonchev–Trinajstić information content (AvgIpc) is 2.01. The topological polar surface area (TPSA) is 29.1 Å². The van der Waals surface area contributed by atoms with Crippen LogP contribution >= 0.6 is 0 Å². The van der Waals surface area contributed by atoms with Crippen LogP contribution in [-0.2, 0) is 11.3 Å². The van der Waals surface area contributed by atoms with E-state index < -0.39 is 0 Å². The molecule has 12 heavy (non-hydrogen) atoms. The largest absolute Gasteiger partial charge is 0.352 e. The van der Waals surface area contributed by atoms with Gasteiger partial charge in [0, 0.05) is 13.5 Å². The van der Waals surface area contributed by atoms with Gasteiger partial charge in [-0.1, -0.05) is 12.1 Å². The van der Waals surface area contributed by atoms with Gasteiger partial charge in [0.2, 0.25) is 5.91 Å². The molecule has 0 atom stereocenters. The number of benzene rings is 1. The van der Waals surface area contributed by atoms with Crippen molar-refractivity contribution in [3.05, 3.63) is 35.6 Å². The second kappa shape index (κ2) is 3.85. The molecule has 0 aromatic heterocycles. The zero-order chi connectivity index (χ0) is 8.97. The van der Waals surface area contributed by atoms with Crippen LogP contribution in [0.1, 0.15) is 12.5 Å².